The standard InChI is InChI=1S/C20H23ClN2O2/c1-20(2,3)16-11-8-15(9-12-16)19(25)23-22-18(24)13-10-14-6-4-5-7-17(14)21/h4-9,11-12H,10,13H2,1-3H3,(H,22,24)(H,23,25). The molecule has 0 fully saturated rings. The molecule has 0 atom stereocenters. The summed E-state index contributed by atoms with van der Waals surface area (Å²) in [6, 6.07) is 14.8. The Morgan fingerprint density at radius 2 is 1.60 bits per heavy atom. The summed E-state index contributed by atoms with van der Waals surface area (Å²) in [5.74, 6) is -0.605. The average Bonchev–Trinajstić information content (AvgIpc) is 2.58. The van der Waals surface area contributed by atoms with Gasteiger partial charge in [0.2, 0.25) is 5.91 Å². The third-order valence-electron chi connectivity index (χ3n) is 3.91. The monoisotopic (exact) mass is 358 g/mol. The van der Waals surface area contributed by atoms with Gasteiger partial charge in [-0.1, -0.05) is 62.7 Å². The summed E-state index contributed by atoms with van der Waals surface area (Å²) in [6.07, 6.45) is 0.759. The highest BCUT2D eigenvalue weighted by Crippen LogP contribution is 2.22. The quantitative estimate of drug-likeness (QED) is 0.810. The number of hydrogen-bond donors (Lipinski definition) is 2. The van der Waals surface area contributed by atoms with Crippen LogP contribution >= 0.6 is 11.6 Å². The molecule has 2 amide bonds. The molecule has 0 aromatic heterocycles. The van der Waals surface area contributed by atoms with E-state index in [9.17, 15) is 9.59 Å². The molecule has 0 radical (unpaired) electrons. The fourth-order valence-electron chi connectivity index (χ4n) is 2.33. The molecule has 5 heteroatoms. The molecule has 0 bridgehead atoms. The Morgan fingerprint density at radius 3 is 2.20 bits per heavy atom. The zero-order valence-electron chi connectivity index (χ0n) is 14.7. The summed E-state index contributed by atoms with van der Waals surface area (Å²) in [5, 5.41) is 0.637. The van der Waals surface area contributed by atoms with Crippen molar-refractivity contribution in [3.05, 3.63) is 70.2 Å². The molecule has 132 valence electrons. The van der Waals surface area contributed by atoms with Crippen LogP contribution in [0.2, 0.25) is 5.02 Å². The zero-order valence-corrected chi connectivity index (χ0v) is 15.5. The van der Waals surface area contributed by atoms with E-state index in [0.717, 1.165) is 11.1 Å². The summed E-state index contributed by atoms with van der Waals surface area (Å²) < 4.78 is 0. The van der Waals surface area contributed by atoms with Crippen molar-refractivity contribution in [3.63, 3.8) is 0 Å². The molecule has 2 rings (SSSR count). The van der Waals surface area contributed by atoms with Crippen molar-refractivity contribution in [2.45, 2.75) is 39.0 Å². The van der Waals surface area contributed by atoms with Crippen LogP contribution in [0, 0.1) is 0 Å². The van der Waals surface area contributed by atoms with Gasteiger partial charge in [0, 0.05) is 17.0 Å². The molecule has 2 N–H and O–H groups in total. The summed E-state index contributed by atoms with van der Waals surface area (Å²) in [4.78, 5) is 24.0. The van der Waals surface area contributed by atoms with Gasteiger partial charge in [0.05, 0.1) is 0 Å². The smallest absolute Gasteiger partial charge is 0.269 e. The summed E-state index contributed by atoms with van der Waals surface area (Å²) in [5.41, 5.74) is 7.45. The minimum atomic E-state index is -0.341. The molecule has 0 unspecified atom stereocenters. The van der Waals surface area contributed by atoms with Gasteiger partial charge in [-0.05, 0) is 41.2 Å². The number of amides is 2. The Hall–Kier alpha value is -2.33. The number of nitrogens with one attached hydrogen (secondary N) is 2. The van der Waals surface area contributed by atoms with Crippen LogP contribution in [0.15, 0.2) is 48.5 Å². The number of benzene rings is 2. The Morgan fingerprint density at radius 1 is 0.960 bits per heavy atom. The molecule has 0 aliphatic heterocycles. The third-order valence-corrected chi connectivity index (χ3v) is 4.28. The van der Waals surface area contributed by atoms with Gasteiger partial charge in [-0.15, -0.1) is 0 Å². The van der Waals surface area contributed by atoms with Crippen molar-refractivity contribution in [1.82, 2.24) is 10.9 Å². The van der Waals surface area contributed by atoms with E-state index in [1.54, 1.807) is 18.2 Å². The molecule has 0 aliphatic rings. The molecule has 0 saturated carbocycles. The van der Waals surface area contributed by atoms with Crippen LogP contribution in [-0.4, -0.2) is 11.8 Å². The first kappa shape index (κ1) is 19.0. The molecular weight excluding hydrogens is 336 g/mol. The highest BCUT2D eigenvalue weighted by Gasteiger charge is 2.14. The predicted molar refractivity (Wildman–Crippen MR) is 101 cm³/mol. The van der Waals surface area contributed by atoms with Crippen LogP contribution in [0.1, 0.15) is 48.7 Å². The van der Waals surface area contributed by atoms with Crippen LogP contribution < -0.4 is 10.9 Å². The van der Waals surface area contributed by atoms with Crippen LogP contribution in [-0.2, 0) is 16.6 Å². The van der Waals surface area contributed by atoms with Gasteiger partial charge in [0.25, 0.3) is 5.91 Å². The molecule has 2 aromatic rings. The largest absolute Gasteiger partial charge is 0.273 e. The number of halogens is 1. The highest BCUT2D eigenvalue weighted by molar-refractivity contribution is 6.31. The maximum absolute atomic E-state index is 12.1. The lowest BCUT2D eigenvalue weighted by Gasteiger charge is -2.19. The van der Waals surface area contributed by atoms with E-state index in [-0.39, 0.29) is 23.7 Å². The fraction of sp³-hybridized carbons (Fsp3) is 0.300. The molecule has 0 saturated heterocycles. The van der Waals surface area contributed by atoms with Crippen molar-refractivity contribution < 1.29 is 9.59 Å². The second kappa shape index (κ2) is 8.17. The predicted octanol–water partition coefficient (Wildman–Crippen LogP) is 4.03. The lowest BCUT2D eigenvalue weighted by Crippen LogP contribution is -2.41. The van der Waals surface area contributed by atoms with Gasteiger partial charge < -0.3 is 0 Å². The Kier molecular flexibility index (Phi) is 6.21. The molecule has 4 nitrogen and oxygen atoms in total. The van der Waals surface area contributed by atoms with Crippen LogP contribution in [0.25, 0.3) is 0 Å². The molecular formula is C20H23ClN2O2. The minimum Gasteiger partial charge on any atom is -0.273 e. The van der Waals surface area contributed by atoms with Gasteiger partial charge in [0.15, 0.2) is 0 Å². The van der Waals surface area contributed by atoms with Crippen LogP contribution in [0.4, 0.5) is 0 Å². The van der Waals surface area contributed by atoms with E-state index in [2.05, 4.69) is 31.6 Å². The van der Waals surface area contributed by atoms with Crippen molar-refractivity contribution in [3.8, 4) is 0 Å². The minimum absolute atomic E-state index is 0.0297. The van der Waals surface area contributed by atoms with Crippen molar-refractivity contribution >= 4 is 23.4 Å². The van der Waals surface area contributed by atoms with Gasteiger partial charge in [-0.2, -0.15) is 0 Å². The number of rotatable bonds is 4. The first-order valence-corrected chi connectivity index (χ1v) is 8.58. The number of carbonyl (C=O) groups is 2. The van der Waals surface area contributed by atoms with E-state index in [0.29, 0.717) is 17.0 Å². The van der Waals surface area contributed by atoms with E-state index in [1.165, 1.54) is 0 Å². The fourth-order valence-corrected chi connectivity index (χ4v) is 2.56. The molecule has 2 aromatic carbocycles. The lowest BCUT2D eigenvalue weighted by molar-refractivity contribution is -0.121. The van der Waals surface area contributed by atoms with Gasteiger partial charge in [-0.3, -0.25) is 20.4 Å². The first-order valence-electron chi connectivity index (χ1n) is 8.20. The second-order valence-corrected chi connectivity index (χ2v) is 7.33. The Bertz CT molecular complexity index is 749. The molecule has 0 aliphatic carbocycles. The van der Waals surface area contributed by atoms with Crippen molar-refractivity contribution in [1.29, 1.82) is 0 Å². The van der Waals surface area contributed by atoms with E-state index in [1.807, 2.05) is 30.3 Å². The molecule has 0 spiro atoms. The molecule has 0 heterocycles. The van der Waals surface area contributed by atoms with Gasteiger partial charge >= 0.3 is 0 Å². The maximum atomic E-state index is 12.1. The maximum Gasteiger partial charge on any atom is 0.269 e. The number of hydrogen-bond acceptors (Lipinski definition) is 2. The number of aryl methyl sites for hydroxylation is 1. The van der Waals surface area contributed by atoms with Gasteiger partial charge in [0.1, 0.15) is 0 Å². The van der Waals surface area contributed by atoms with E-state index >= 15 is 0 Å². The van der Waals surface area contributed by atoms with Crippen LogP contribution in [0.3, 0.4) is 0 Å². The topological polar surface area (TPSA) is 58.2 Å². The summed E-state index contributed by atoms with van der Waals surface area (Å²) >= 11 is 6.06. The highest BCUT2D eigenvalue weighted by atomic mass is 35.5. The van der Waals surface area contributed by atoms with E-state index in [4.69, 9.17) is 11.6 Å². The van der Waals surface area contributed by atoms with Crippen molar-refractivity contribution in [2.24, 2.45) is 0 Å². The van der Waals surface area contributed by atoms with Crippen molar-refractivity contribution in [2.75, 3.05) is 0 Å². The molecule has 25 heavy (non-hydrogen) atoms. The SMILES string of the molecule is CC(C)(C)c1ccc(C(=O)NNC(=O)CCc2ccccc2Cl)cc1. The zero-order chi connectivity index (χ0) is 18.4. The normalized spacial score (nSPS) is 11.0. The van der Waals surface area contributed by atoms with Gasteiger partial charge in [-0.25, -0.2) is 0 Å². The first-order chi connectivity index (χ1) is 11.8. The Labute approximate surface area is 153 Å². The third kappa shape index (κ3) is 5.61. The van der Waals surface area contributed by atoms with E-state index < -0.39 is 0 Å². The summed E-state index contributed by atoms with van der Waals surface area (Å²) in [6.45, 7) is 6.34. The van der Waals surface area contributed by atoms with Crippen LogP contribution in [0.5, 0.6) is 0 Å². The summed E-state index contributed by atoms with van der Waals surface area (Å²) in [7, 11) is 0. The average molecular weight is 359 g/mol. The number of hydrazine groups is 1. The Balaban J connectivity index is 1.83. The second-order valence-electron chi connectivity index (χ2n) is 6.92. The lowest BCUT2D eigenvalue weighted by atomic mass is 9.87. The number of carbonyl (C=O) groups excluding carboxylic acids is 2.